The standard InChI is InChI=1S/C17H20N6O/c1-13-10-16-19-5-2-15(23(16)20-13)14-3-7-22(8-4-14)17(24)11-21-9-6-18-12-21/h2,5-6,9-10,12,14H,3-4,7-8,11H2,1H3. The first-order chi connectivity index (χ1) is 11.7. The molecule has 0 aliphatic carbocycles. The van der Waals surface area contributed by atoms with Crippen LogP contribution in [0, 0.1) is 6.92 Å². The third-order valence-corrected chi connectivity index (χ3v) is 4.65. The van der Waals surface area contributed by atoms with Gasteiger partial charge in [0.25, 0.3) is 0 Å². The Morgan fingerprint density at radius 3 is 2.88 bits per heavy atom. The van der Waals surface area contributed by atoms with E-state index in [0.29, 0.717) is 12.5 Å². The van der Waals surface area contributed by atoms with Crippen LogP contribution in [0.2, 0.25) is 0 Å². The summed E-state index contributed by atoms with van der Waals surface area (Å²) in [5.41, 5.74) is 3.06. The topological polar surface area (TPSA) is 68.3 Å². The number of amides is 1. The minimum absolute atomic E-state index is 0.154. The van der Waals surface area contributed by atoms with Crippen LogP contribution >= 0.6 is 0 Å². The second kappa shape index (κ2) is 6.07. The molecule has 124 valence electrons. The maximum atomic E-state index is 12.4. The fourth-order valence-electron chi connectivity index (χ4n) is 3.40. The summed E-state index contributed by atoms with van der Waals surface area (Å²) in [7, 11) is 0. The number of carbonyl (C=O) groups excluding carboxylic acids is 1. The normalized spacial score (nSPS) is 16.0. The molecule has 0 aromatic carbocycles. The molecule has 0 spiro atoms. The van der Waals surface area contributed by atoms with Crippen molar-refractivity contribution < 1.29 is 4.79 Å². The van der Waals surface area contributed by atoms with Crippen molar-refractivity contribution in [3.63, 3.8) is 0 Å². The van der Waals surface area contributed by atoms with E-state index in [-0.39, 0.29) is 5.91 Å². The highest BCUT2D eigenvalue weighted by molar-refractivity contribution is 5.76. The number of nitrogens with zero attached hydrogens (tertiary/aromatic N) is 6. The monoisotopic (exact) mass is 324 g/mol. The third kappa shape index (κ3) is 2.77. The second-order valence-corrected chi connectivity index (χ2v) is 6.32. The van der Waals surface area contributed by atoms with Gasteiger partial charge in [0.1, 0.15) is 6.54 Å². The average molecular weight is 324 g/mol. The van der Waals surface area contributed by atoms with E-state index in [0.717, 1.165) is 37.3 Å². The van der Waals surface area contributed by atoms with Gasteiger partial charge in [-0.1, -0.05) is 0 Å². The number of piperidine rings is 1. The van der Waals surface area contributed by atoms with E-state index in [2.05, 4.69) is 15.1 Å². The minimum atomic E-state index is 0.154. The van der Waals surface area contributed by atoms with E-state index >= 15 is 0 Å². The van der Waals surface area contributed by atoms with Gasteiger partial charge in [-0.05, 0) is 25.8 Å². The van der Waals surface area contributed by atoms with E-state index in [1.54, 1.807) is 12.5 Å². The first-order valence-corrected chi connectivity index (χ1v) is 8.25. The zero-order valence-corrected chi connectivity index (χ0v) is 13.7. The molecule has 0 atom stereocenters. The molecule has 7 heteroatoms. The predicted octanol–water partition coefficient (Wildman–Crippen LogP) is 1.64. The first kappa shape index (κ1) is 14.9. The molecule has 24 heavy (non-hydrogen) atoms. The van der Waals surface area contributed by atoms with Crippen LogP contribution in [0.1, 0.15) is 30.1 Å². The van der Waals surface area contributed by atoms with E-state index in [1.807, 2.05) is 45.4 Å². The van der Waals surface area contributed by atoms with Gasteiger partial charge in [-0.15, -0.1) is 0 Å². The highest BCUT2D eigenvalue weighted by Crippen LogP contribution is 2.28. The SMILES string of the molecule is Cc1cc2nccc(C3CCN(C(=O)Cn4ccnc4)CC3)n2n1. The van der Waals surface area contributed by atoms with Gasteiger partial charge in [0.15, 0.2) is 5.65 Å². The van der Waals surface area contributed by atoms with E-state index < -0.39 is 0 Å². The molecule has 0 saturated carbocycles. The Hall–Kier alpha value is -2.70. The van der Waals surface area contributed by atoms with Gasteiger partial charge < -0.3 is 9.47 Å². The van der Waals surface area contributed by atoms with Gasteiger partial charge in [0.2, 0.25) is 5.91 Å². The van der Waals surface area contributed by atoms with E-state index in [1.165, 1.54) is 5.69 Å². The molecule has 3 aromatic rings. The molecule has 1 saturated heterocycles. The molecule has 1 aliphatic rings. The molecule has 1 fully saturated rings. The fraction of sp³-hybridized carbons (Fsp3) is 0.412. The minimum Gasteiger partial charge on any atom is -0.341 e. The molecule has 7 nitrogen and oxygen atoms in total. The van der Waals surface area contributed by atoms with Gasteiger partial charge in [-0.2, -0.15) is 5.10 Å². The number of aryl methyl sites for hydroxylation is 1. The van der Waals surface area contributed by atoms with Gasteiger partial charge in [-0.3, -0.25) is 4.79 Å². The molecule has 1 amide bonds. The summed E-state index contributed by atoms with van der Waals surface area (Å²) in [5, 5.41) is 4.56. The maximum absolute atomic E-state index is 12.4. The first-order valence-electron chi connectivity index (χ1n) is 8.25. The maximum Gasteiger partial charge on any atom is 0.242 e. The van der Waals surface area contributed by atoms with Crippen molar-refractivity contribution in [1.29, 1.82) is 0 Å². The van der Waals surface area contributed by atoms with Crippen LogP contribution in [0.5, 0.6) is 0 Å². The Kier molecular flexibility index (Phi) is 3.76. The van der Waals surface area contributed by atoms with Crippen LogP contribution in [0.15, 0.2) is 37.1 Å². The van der Waals surface area contributed by atoms with Gasteiger partial charge in [0, 0.05) is 49.4 Å². The Labute approximate surface area is 139 Å². The molecule has 4 rings (SSSR count). The van der Waals surface area contributed by atoms with Crippen molar-refractivity contribution in [3.05, 3.63) is 48.4 Å². The van der Waals surface area contributed by atoms with Crippen LogP contribution < -0.4 is 0 Å². The molecule has 3 aromatic heterocycles. The van der Waals surface area contributed by atoms with E-state index in [9.17, 15) is 4.79 Å². The highest BCUT2D eigenvalue weighted by atomic mass is 16.2. The lowest BCUT2D eigenvalue weighted by atomic mass is 9.93. The molecule has 1 aliphatic heterocycles. The number of imidazole rings is 1. The van der Waals surface area contributed by atoms with Crippen molar-refractivity contribution in [1.82, 2.24) is 29.0 Å². The lowest BCUT2D eigenvalue weighted by Crippen LogP contribution is -2.39. The summed E-state index contributed by atoms with van der Waals surface area (Å²) in [4.78, 5) is 22.7. The molecular formula is C17H20N6O. The Morgan fingerprint density at radius 2 is 2.12 bits per heavy atom. The third-order valence-electron chi connectivity index (χ3n) is 4.65. The quantitative estimate of drug-likeness (QED) is 0.734. The Balaban J connectivity index is 1.44. The predicted molar refractivity (Wildman–Crippen MR) is 88.5 cm³/mol. The number of likely N-dealkylation sites (tertiary alicyclic amines) is 1. The number of carbonyl (C=O) groups is 1. The molecule has 4 heterocycles. The zero-order valence-electron chi connectivity index (χ0n) is 13.7. The molecule has 0 unspecified atom stereocenters. The van der Waals surface area contributed by atoms with Crippen molar-refractivity contribution in [2.24, 2.45) is 0 Å². The van der Waals surface area contributed by atoms with Crippen LogP contribution in [0.25, 0.3) is 5.65 Å². The summed E-state index contributed by atoms with van der Waals surface area (Å²) in [6.07, 6.45) is 8.95. The largest absolute Gasteiger partial charge is 0.341 e. The molecule has 0 N–H and O–H groups in total. The molecular weight excluding hydrogens is 304 g/mol. The van der Waals surface area contributed by atoms with Crippen LogP contribution in [0.4, 0.5) is 0 Å². The summed E-state index contributed by atoms with van der Waals surface area (Å²) >= 11 is 0. The highest BCUT2D eigenvalue weighted by Gasteiger charge is 2.25. The van der Waals surface area contributed by atoms with Crippen molar-refractivity contribution >= 4 is 11.6 Å². The number of hydrogen-bond donors (Lipinski definition) is 0. The lowest BCUT2D eigenvalue weighted by molar-refractivity contribution is -0.132. The van der Waals surface area contributed by atoms with Gasteiger partial charge in [-0.25, -0.2) is 14.5 Å². The number of fused-ring (bicyclic) bond motifs is 1. The molecule has 0 bridgehead atoms. The summed E-state index contributed by atoms with van der Waals surface area (Å²) in [6.45, 7) is 3.91. The Bertz CT molecular complexity index is 845. The lowest BCUT2D eigenvalue weighted by Gasteiger charge is -2.32. The van der Waals surface area contributed by atoms with Crippen LogP contribution in [-0.2, 0) is 11.3 Å². The van der Waals surface area contributed by atoms with Crippen molar-refractivity contribution in [3.8, 4) is 0 Å². The second-order valence-electron chi connectivity index (χ2n) is 6.32. The molecule has 0 radical (unpaired) electrons. The smallest absolute Gasteiger partial charge is 0.242 e. The zero-order chi connectivity index (χ0) is 16.5. The summed E-state index contributed by atoms with van der Waals surface area (Å²) < 4.78 is 3.76. The average Bonchev–Trinajstić information content (AvgIpc) is 3.23. The van der Waals surface area contributed by atoms with Gasteiger partial charge >= 0.3 is 0 Å². The summed E-state index contributed by atoms with van der Waals surface area (Å²) in [5.74, 6) is 0.563. The number of aromatic nitrogens is 5. The summed E-state index contributed by atoms with van der Waals surface area (Å²) in [6, 6.07) is 4.04. The van der Waals surface area contributed by atoms with Crippen LogP contribution in [-0.4, -0.2) is 48.0 Å². The van der Waals surface area contributed by atoms with E-state index in [4.69, 9.17) is 0 Å². The number of hydrogen-bond acceptors (Lipinski definition) is 4. The van der Waals surface area contributed by atoms with Crippen LogP contribution in [0.3, 0.4) is 0 Å². The Morgan fingerprint density at radius 1 is 1.29 bits per heavy atom. The van der Waals surface area contributed by atoms with Crippen molar-refractivity contribution in [2.75, 3.05) is 13.1 Å². The fourth-order valence-corrected chi connectivity index (χ4v) is 3.40. The number of rotatable bonds is 3. The van der Waals surface area contributed by atoms with Gasteiger partial charge in [0.05, 0.1) is 12.0 Å². The van der Waals surface area contributed by atoms with Crippen molar-refractivity contribution in [2.45, 2.75) is 32.2 Å².